The Labute approximate surface area is 218 Å². The maximum atomic E-state index is 14.1. The molecule has 0 amide bonds. The largest absolute Gasteiger partial charge is 0.466 e. The molecule has 4 fully saturated rings. The van der Waals surface area contributed by atoms with Gasteiger partial charge in [-0.15, -0.1) is 0 Å². The molecule has 1 unspecified atom stereocenters. The number of piperazine rings is 1. The Morgan fingerprint density at radius 3 is 1.92 bits per heavy atom. The zero-order chi connectivity index (χ0) is 25.8. The van der Waals surface area contributed by atoms with Gasteiger partial charge in [-0.1, -0.05) is 12.8 Å². The van der Waals surface area contributed by atoms with E-state index in [1.54, 1.807) is 0 Å². The summed E-state index contributed by atoms with van der Waals surface area (Å²) in [6.07, 6.45) is 10.3. The second-order valence-corrected chi connectivity index (χ2v) is 12.1. The molecule has 0 aromatic rings. The molecule has 206 valence electrons. The Kier molecular flexibility index (Phi) is 9.34. The molecule has 2 saturated carbocycles. The normalized spacial score (nSPS) is 29.2. The number of ether oxygens (including phenoxy) is 3. The Bertz CT molecular complexity index is 728. The minimum atomic E-state index is -1.20. The van der Waals surface area contributed by atoms with Gasteiger partial charge < -0.3 is 14.2 Å². The van der Waals surface area contributed by atoms with Crippen molar-refractivity contribution in [1.82, 2.24) is 14.7 Å². The number of hydrogen-bond donors (Lipinski definition) is 0. The van der Waals surface area contributed by atoms with E-state index in [-0.39, 0.29) is 24.0 Å². The molecule has 0 bridgehead atoms. The van der Waals surface area contributed by atoms with Crippen LogP contribution in [-0.4, -0.2) is 96.1 Å². The fourth-order valence-electron chi connectivity index (χ4n) is 6.59. The third-order valence-electron chi connectivity index (χ3n) is 8.41. The van der Waals surface area contributed by atoms with Crippen LogP contribution in [0.4, 0.5) is 0 Å². The van der Waals surface area contributed by atoms with Gasteiger partial charge in [0.15, 0.2) is 0 Å². The maximum Gasteiger partial charge on any atom is 0.371 e. The van der Waals surface area contributed by atoms with E-state index in [0.717, 1.165) is 77.8 Å². The van der Waals surface area contributed by atoms with Crippen molar-refractivity contribution in [1.29, 1.82) is 0 Å². The molecule has 0 radical (unpaired) electrons. The molecule has 0 aromatic carbocycles. The minimum Gasteiger partial charge on any atom is -0.466 e. The van der Waals surface area contributed by atoms with E-state index in [4.69, 9.17) is 14.2 Å². The van der Waals surface area contributed by atoms with Crippen molar-refractivity contribution < 1.29 is 23.8 Å². The minimum absolute atomic E-state index is 0.0672. The molecule has 0 N–H and O–H groups in total. The van der Waals surface area contributed by atoms with Crippen molar-refractivity contribution in [2.75, 3.05) is 45.9 Å². The van der Waals surface area contributed by atoms with E-state index in [1.807, 2.05) is 27.7 Å². The first kappa shape index (κ1) is 27.8. The molecule has 2 aliphatic carbocycles. The van der Waals surface area contributed by atoms with Gasteiger partial charge in [0, 0.05) is 45.3 Å². The molecule has 2 saturated heterocycles. The summed E-state index contributed by atoms with van der Waals surface area (Å²) in [5.74, 6) is -1.65. The van der Waals surface area contributed by atoms with Gasteiger partial charge in [-0.25, -0.2) is 4.79 Å². The van der Waals surface area contributed by atoms with Gasteiger partial charge in [0.1, 0.15) is 5.60 Å². The molecule has 2 heterocycles. The molecule has 4 aliphatic rings. The average Bonchev–Trinajstić information content (AvgIpc) is 3.57. The number of likely N-dealkylation sites (tertiary alicyclic amines) is 1. The van der Waals surface area contributed by atoms with Crippen molar-refractivity contribution in [2.24, 2.45) is 5.92 Å². The highest BCUT2D eigenvalue weighted by Gasteiger charge is 2.56. The first-order valence-electron chi connectivity index (χ1n) is 14.5. The van der Waals surface area contributed by atoms with E-state index in [9.17, 15) is 9.59 Å². The number of esters is 2. The predicted molar refractivity (Wildman–Crippen MR) is 138 cm³/mol. The van der Waals surface area contributed by atoms with Gasteiger partial charge in [-0.05, 0) is 79.1 Å². The highest BCUT2D eigenvalue weighted by Crippen LogP contribution is 2.37. The van der Waals surface area contributed by atoms with E-state index in [1.165, 1.54) is 25.7 Å². The van der Waals surface area contributed by atoms with Gasteiger partial charge in [-0.2, -0.15) is 0 Å². The van der Waals surface area contributed by atoms with Crippen LogP contribution in [0.25, 0.3) is 0 Å². The molecule has 4 rings (SSSR count). The zero-order valence-corrected chi connectivity index (χ0v) is 23.1. The first-order valence-corrected chi connectivity index (χ1v) is 14.5. The Hall–Kier alpha value is -1.22. The van der Waals surface area contributed by atoms with E-state index in [2.05, 4.69) is 14.7 Å². The summed E-state index contributed by atoms with van der Waals surface area (Å²) in [4.78, 5) is 33.5. The lowest BCUT2D eigenvalue weighted by Gasteiger charge is -2.52. The van der Waals surface area contributed by atoms with Gasteiger partial charge in [0.05, 0.1) is 18.6 Å². The quantitative estimate of drug-likeness (QED) is 0.460. The zero-order valence-electron chi connectivity index (χ0n) is 23.1. The van der Waals surface area contributed by atoms with Gasteiger partial charge >= 0.3 is 11.9 Å². The Morgan fingerprint density at radius 1 is 0.778 bits per heavy atom. The summed E-state index contributed by atoms with van der Waals surface area (Å²) < 4.78 is 18.3. The molecular weight excluding hydrogens is 458 g/mol. The number of nitrogens with zero attached hydrogens (tertiary/aromatic N) is 3. The van der Waals surface area contributed by atoms with Crippen molar-refractivity contribution in [3.63, 3.8) is 0 Å². The summed E-state index contributed by atoms with van der Waals surface area (Å²) in [6.45, 7) is 13.2. The third kappa shape index (κ3) is 6.43. The number of rotatable bonds is 8. The first-order chi connectivity index (χ1) is 17.2. The summed E-state index contributed by atoms with van der Waals surface area (Å²) in [5, 5.41) is 0. The Balaban J connectivity index is 1.54. The van der Waals surface area contributed by atoms with Crippen LogP contribution in [-0.2, 0) is 23.8 Å². The molecule has 36 heavy (non-hydrogen) atoms. The van der Waals surface area contributed by atoms with Crippen molar-refractivity contribution in [3.8, 4) is 0 Å². The highest BCUT2D eigenvalue weighted by molar-refractivity contribution is 5.79. The lowest BCUT2D eigenvalue weighted by molar-refractivity contribution is -0.281. The lowest BCUT2D eigenvalue weighted by Crippen LogP contribution is -2.71. The number of carbonyl (C=O) groups excluding carboxylic acids is 2. The van der Waals surface area contributed by atoms with E-state index < -0.39 is 11.4 Å². The van der Waals surface area contributed by atoms with Crippen LogP contribution in [0.2, 0.25) is 0 Å². The van der Waals surface area contributed by atoms with Crippen molar-refractivity contribution in [3.05, 3.63) is 0 Å². The highest BCUT2D eigenvalue weighted by atomic mass is 16.6. The van der Waals surface area contributed by atoms with Crippen LogP contribution in [0.1, 0.15) is 91.9 Å². The van der Waals surface area contributed by atoms with Crippen LogP contribution in [0.5, 0.6) is 0 Å². The number of carbonyl (C=O) groups is 2. The smallest absolute Gasteiger partial charge is 0.371 e. The molecule has 2 aliphatic heterocycles. The topological polar surface area (TPSA) is 71.5 Å². The SMILES string of the molecule is CCOC(=O)[C@H]1CC[C@H](OC(C(=O)OC(C)(C)C)(N2CCCC2)N2CCN(C3CCCC3)CC2)CC1. The van der Waals surface area contributed by atoms with Crippen molar-refractivity contribution >= 4 is 11.9 Å². The second-order valence-electron chi connectivity index (χ2n) is 12.1. The summed E-state index contributed by atoms with van der Waals surface area (Å²) in [7, 11) is 0. The van der Waals surface area contributed by atoms with Gasteiger partial charge in [-0.3, -0.25) is 19.5 Å². The summed E-state index contributed by atoms with van der Waals surface area (Å²) in [5.41, 5.74) is -0.599. The molecule has 8 nitrogen and oxygen atoms in total. The van der Waals surface area contributed by atoms with E-state index in [0.29, 0.717) is 12.6 Å². The summed E-state index contributed by atoms with van der Waals surface area (Å²) in [6, 6.07) is 0.689. The summed E-state index contributed by atoms with van der Waals surface area (Å²) >= 11 is 0. The fourth-order valence-corrected chi connectivity index (χ4v) is 6.59. The van der Waals surface area contributed by atoms with E-state index >= 15 is 0 Å². The molecule has 0 aromatic heterocycles. The standard InChI is InChI=1S/C28H49N3O5/c1-5-34-25(32)22-12-14-24(15-13-22)35-28(30-16-8-9-17-30,26(33)36-27(2,3)4)31-20-18-29(19-21-31)23-10-6-7-11-23/h22-24H,5-21H2,1-4H3/t22-,24-,28?. The van der Waals surface area contributed by atoms with Crippen molar-refractivity contribution in [2.45, 2.75) is 115 Å². The van der Waals surface area contributed by atoms with Crippen LogP contribution in [0.3, 0.4) is 0 Å². The van der Waals surface area contributed by atoms with Crippen LogP contribution in [0, 0.1) is 5.92 Å². The predicted octanol–water partition coefficient (Wildman–Crippen LogP) is 3.78. The maximum absolute atomic E-state index is 14.1. The van der Waals surface area contributed by atoms with Gasteiger partial charge in [0.2, 0.25) is 0 Å². The van der Waals surface area contributed by atoms with Crippen LogP contribution >= 0.6 is 0 Å². The second kappa shape index (κ2) is 12.1. The fraction of sp³-hybridized carbons (Fsp3) is 0.929. The molecule has 0 spiro atoms. The van der Waals surface area contributed by atoms with Crippen LogP contribution in [0.15, 0.2) is 0 Å². The lowest BCUT2D eigenvalue weighted by atomic mass is 9.87. The third-order valence-corrected chi connectivity index (χ3v) is 8.41. The number of hydrogen-bond acceptors (Lipinski definition) is 8. The molecule has 1 atom stereocenters. The van der Waals surface area contributed by atoms with Gasteiger partial charge in [0.25, 0.3) is 5.85 Å². The Morgan fingerprint density at radius 2 is 1.36 bits per heavy atom. The molecular formula is C28H49N3O5. The monoisotopic (exact) mass is 507 g/mol. The van der Waals surface area contributed by atoms with Crippen LogP contribution < -0.4 is 0 Å². The average molecular weight is 508 g/mol. The molecule has 8 heteroatoms.